The number of nitrogens with one attached hydrogen (secondary N) is 1. The lowest BCUT2D eigenvalue weighted by Gasteiger charge is -2.31. The Morgan fingerprint density at radius 2 is 2.05 bits per heavy atom. The van der Waals surface area contributed by atoms with Crippen molar-refractivity contribution in [1.29, 1.82) is 0 Å². The van der Waals surface area contributed by atoms with Gasteiger partial charge in [-0.15, -0.1) is 0 Å². The van der Waals surface area contributed by atoms with E-state index in [1.54, 1.807) is 12.1 Å². The van der Waals surface area contributed by atoms with E-state index in [4.69, 9.17) is 5.73 Å². The number of piperidine rings is 1. The summed E-state index contributed by atoms with van der Waals surface area (Å²) < 4.78 is 25.9. The number of likely N-dealkylation sites (tertiary alicyclic amines) is 1. The highest BCUT2D eigenvalue weighted by atomic mass is 19.3. The number of hydrogen-bond donors (Lipinski definition) is 2. The Bertz CT molecular complexity index is 429. The fraction of sp³-hybridized carbons (Fsp3) is 0.600. The fourth-order valence-corrected chi connectivity index (χ4v) is 2.68. The molecule has 0 unspecified atom stereocenters. The number of hydrogen-bond acceptors (Lipinski definition) is 3. The van der Waals surface area contributed by atoms with Crippen LogP contribution in [0.25, 0.3) is 0 Å². The average molecular weight is 283 g/mol. The van der Waals surface area contributed by atoms with Crippen LogP contribution in [0.3, 0.4) is 0 Å². The van der Waals surface area contributed by atoms with Crippen LogP contribution >= 0.6 is 0 Å². The van der Waals surface area contributed by atoms with Gasteiger partial charge in [0.15, 0.2) is 0 Å². The summed E-state index contributed by atoms with van der Waals surface area (Å²) in [6.45, 7) is 6.22. The molecular weight excluding hydrogens is 260 g/mol. The van der Waals surface area contributed by atoms with Crippen LogP contribution in [-0.2, 0) is 0 Å². The van der Waals surface area contributed by atoms with Gasteiger partial charge < -0.3 is 16.0 Å². The Balaban J connectivity index is 1.91. The molecule has 1 aromatic rings. The number of rotatable bonds is 5. The molecule has 0 atom stereocenters. The number of halogens is 2. The highest BCUT2D eigenvalue weighted by Crippen LogP contribution is 2.29. The summed E-state index contributed by atoms with van der Waals surface area (Å²) in [4.78, 5) is 2.42. The van der Waals surface area contributed by atoms with Crippen LogP contribution in [0, 0.1) is 5.92 Å². The third-order valence-corrected chi connectivity index (χ3v) is 4.05. The van der Waals surface area contributed by atoms with Crippen LogP contribution in [0.5, 0.6) is 0 Å². The molecule has 0 aliphatic carbocycles. The first kappa shape index (κ1) is 15.0. The molecule has 2 rings (SSSR count). The predicted octanol–water partition coefficient (Wildman–Crippen LogP) is 3.35. The monoisotopic (exact) mass is 283 g/mol. The van der Waals surface area contributed by atoms with E-state index in [1.165, 1.54) is 6.07 Å². The maximum Gasteiger partial charge on any atom is 0.265 e. The predicted molar refractivity (Wildman–Crippen MR) is 79.1 cm³/mol. The van der Waals surface area contributed by atoms with E-state index >= 15 is 0 Å². The number of nitrogens with two attached hydrogens (primary N) is 1. The average Bonchev–Trinajstić information content (AvgIpc) is 2.46. The third kappa shape index (κ3) is 3.82. The molecule has 0 radical (unpaired) electrons. The van der Waals surface area contributed by atoms with E-state index in [0.29, 0.717) is 17.3 Å². The Morgan fingerprint density at radius 3 is 2.65 bits per heavy atom. The minimum Gasteiger partial charge on any atom is -0.399 e. The quantitative estimate of drug-likeness (QED) is 0.814. The summed E-state index contributed by atoms with van der Waals surface area (Å²) >= 11 is 0. The van der Waals surface area contributed by atoms with E-state index < -0.39 is 6.43 Å². The SMILES string of the molecule is CCN1CCC(CNc2ccc(N)cc2C(F)F)CC1. The van der Waals surface area contributed by atoms with Crippen molar-refractivity contribution in [3.63, 3.8) is 0 Å². The number of nitrogen functional groups attached to an aromatic ring is 1. The lowest BCUT2D eigenvalue weighted by molar-refractivity contribution is 0.152. The number of alkyl halides is 2. The lowest BCUT2D eigenvalue weighted by atomic mass is 9.96. The molecular formula is C15H23F2N3. The molecule has 20 heavy (non-hydrogen) atoms. The number of benzene rings is 1. The molecule has 1 fully saturated rings. The van der Waals surface area contributed by atoms with E-state index in [0.717, 1.165) is 39.0 Å². The second-order valence-corrected chi connectivity index (χ2v) is 5.41. The summed E-state index contributed by atoms with van der Waals surface area (Å²) in [6.07, 6.45) is -0.248. The van der Waals surface area contributed by atoms with E-state index in [2.05, 4.69) is 17.1 Å². The van der Waals surface area contributed by atoms with Gasteiger partial charge in [-0.3, -0.25) is 0 Å². The van der Waals surface area contributed by atoms with Gasteiger partial charge in [0.05, 0.1) is 0 Å². The van der Waals surface area contributed by atoms with Crippen molar-refractivity contribution in [1.82, 2.24) is 4.90 Å². The van der Waals surface area contributed by atoms with Crippen molar-refractivity contribution in [2.75, 3.05) is 37.2 Å². The van der Waals surface area contributed by atoms with Crippen molar-refractivity contribution in [3.05, 3.63) is 23.8 Å². The van der Waals surface area contributed by atoms with Gasteiger partial charge in [-0.1, -0.05) is 6.92 Å². The van der Waals surface area contributed by atoms with Crippen molar-refractivity contribution in [2.24, 2.45) is 5.92 Å². The van der Waals surface area contributed by atoms with Gasteiger partial charge in [0.25, 0.3) is 6.43 Å². The normalized spacial score (nSPS) is 17.6. The van der Waals surface area contributed by atoms with Crippen LogP contribution in [0.2, 0.25) is 0 Å². The Labute approximate surface area is 119 Å². The maximum atomic E-state index is 13.0. The van der Waals surface area contributed by atoms with E-state index in [1.807, 2.05) is 0 Å². The molecule has 5 heteroatoms. The van der Waals surface area contributed by atoms with Crippen LogP contribution in [0.15, 0.2) is 18.2 Å². The third-order valence-electron chi connectivity index (χ3n) is 4.05. The summed E-state index contributed by atoms with van der Waals surface area (Å²) in [6, 6.07) is 4.67. The van der Waals surface area contributed by atoms with Gasteiger partial charge in [0.1, 0.15) is 0 Å². The lowest BCUT2D eigenvalue weighted by Crippen LogP contribution is -2.35. The molecule has 0 saturated carbocycles. The standard InChI is InChI=1S/C15H23F2N3/c1-2-20-7-5-11(6-8-20)10-19-14-4-3-12(18)9-13(14)15(16)17/h3-4,9,11,15,19H,2,5-8,10,18H2,1H3. The van der Waals surface area contributed by atoms with Gasteiger partial charge in [0.2, 0.25) is 0 Å². The first-order valence-corrected chi connectivity index (χ1v) is 7.24. The highest BCUT2D eigenvalue weighted by molar-refractivity contribution is 5.58. The maximum absolute atomic E-state index is 13.0. The van der Waals surface area contributed by atoms with Crippen molar-refractivity contribution in [3.8, 4) is 0 Å². The van der Waals surface area contributed by atoms with Crippen LogP contribution in [0.1, 0.15) is 31.8 Å². The summed E-state index contributed by atoms with van der Waals surface area (Å²) in [5.41, 5.74) is 6.45. The minimum atomic E-state index is -2.50. The molecule has 0 bridgehead atoms. The van der Waals surface area contributed by atoms with Gasteiger partial charge in [-0.05, 0) is 56.6 Å². The zero-order valence-electron chi connectivity index (χ0n) is 11.9. The molecule has 1 heterocycles. The smallest absolute Gasteiger partial charge is 0.265 e. The van der Waals surface area contributed by atoms with Crippen LogP contribution in [0.4, 0.5) is 20.2 Å². The van der Waals surface area contributed by atoms with Crippen LogP contribution < -0.4 is 11.1 Å². The van der Waals surface area contributed by atoms with E-state index in [-0.39, 0.29) is 5.56 Å². The van der Waals surface area contributed by atoms with Gasteiger partial charge in [0, 0.05) is 23.5 Å². The largest absolute Gasteiger partial charge is 0.399 e. The molecule has 0 aromatic heterocycles. The second-order valence-electron chi connectivity index (χ2n) is 5.41. The first-order chi connectivity index (χ1) is 9.60. The molecule has 1 aliphatic rings. The van der Waals surface area contributed by atoms with Crippen molar-refractivity contribution < 1.29 is 8.78 Å². The molecule has 1 aromatic carbocycles. The Hall–Kier alpha value is -1.36. The van der Waals surface area contributed by atoms with Gasteiger partial charge >= 0.3 is 0 Å². The molecule has 0 spiro atoms. The fourth-order valence-electron chi connectivity index (χ4n) is 2.68. The highest BCUT2D eigenvalue weighted by Gasteiger charge is 2.19. The molecule has 3 nitrogen and oxygen atoms in total. The van der Waals surface area contributed by atoms with Gasteiger partial charge in [-0.25, -0.2) is 8.78 Å². The summed E-state index contributed by atoms with van der Waals surface area (Å²) in [5, 5.41) is 3.17. The molecule has 3 N–H and O–H groups in total. The Kier molecular flexibility index (Phi) is 5.17. The molecule has 1 saturated heterocycles. The van der Waals surface area contributed by atoms with Crippen molar-refractivity contribution >= 4 is 11.4 Å². The van der Waals surface area contributed by atoms with Crippen molar-refractivity contribution in [2.45, 2.75) is 26.2 Å². The van der Waals surface area contributed by atoms with E-state index in [9.17, 15) is 8.78 Å². The second kappa shape index (κ2) is 6.88. The zero-order chi connectivity index (χ0) is 14.5. The first-order valence-electron chi connectivity index (χ1n) is 7.24. The summed E-state index contributed by atoms with van der Waals surface area (Å²) in [5.74, 6) is 0.556. The number of nitrogens with zero attached hydrogens (tertiary/aromatic N) is 1. The van der Waals surface area contributed by atoms with Crippen LogP contribution in [-0.4, -0.2) is 31.1 Å². The summed E-state index contributed by atoms with van der Waals surface area (Å²) in [7, 11) is 0. The Morgan fingerprint density at radius 1 is 1.35 bits per heavy atom. The number of anilines is 2. The molecule has 0 amide bonds. The molecule has 112 valence electrons. The minimum absolute atomic E-state index is 0.00371. The zero-order valence-corrected chi connectivity index (χ0v) is 11.9. The molecule has 1 aliphatic heterocycles. The van der Waals surface area contributed by atoms with Gasteiger partial charge in [-0.2, -0.15) is 0 Å². The topological polar surface area (TPSA) is 41.3 Å².